The summed E-state index contributed by atoms with van der Waals surface area (Å²) in [5, 5.41) is 3.36. The summed E-state index contributed by atoms with van der Waals surface area (Å²) >= 11 is 0. The summed E-state index contributed by atoms with van der Waals surface area (Å²) < 4.78 is 2.12. The quantitative estimate of drug-likeness (QED) is 0.717. The third kappa shape index (κ3) is 3.36. The average molecular weight is 237 g/mol. The van der Waals surface area contributed by atoms with Crippen LogP contribution in [0.25, 0.3) is 0 Å². The van der Waals surface area contributed by atoms with Crippen molar-refractivity contribution in [1.82, 2.24) is 14.9 Å². The van der Waals surface area contributed by atoms with Crippen LogP contribution < -0.4 is 17.7 Å². The first-order valence-corrected chi connectivity index (χ1v) is 5.07. The van der Waals surface area contributed by atoms with E-state index in [0.29, 0.717) is 0 Å². The third-order valence-corrected chi connectivity index (χ3v) is 2.39. The highest BCUT2D eigenvalue weighted by Crippen LogP contribution is 1.99. The van der Waals surface area contributed by atoms with Crippen molar-refractivity contribution in [1.29, 1.82) is 0 Å². The molecule has 0 bridgehead atoms. The lowest BCUT2D eigenvalue weighted by Gasteiger charge is -2.05. The zero-order valence-electron chi connectivity index (χ0n) is 9.23. The van der Waals surface area contributed by atoms with E-state index in [1.54, 1.807) is 0 Å². The Hall–Kier alpha value is -1.32. The molecule has 0 saturated heterocycles. The van der Waals surface area contributed by atoms with Crippen molar-refractivity contribution in [3.8, 4) is 0 Å². The number of nitrogens with one attached hydrogen (secondary N) is 1. The highest BCUT2D eigenvalue weighted by Gasteiger charge is 1.96. The Balaban J connectivity index is 0.00000128. The maximum absolute atomic E-state index is 4.25. The molecule has 0 fully saturated rings. The third-order valence-electron chi connectivity index (χ3n) is 2.39. The van der Waals surface area contributed by atoms with Crippen molar-refractivity contribution >= 4 is 0 Å². The fraction of sp³-hybridized carbons (Fsp3) is 0.250. The molecule has 2 heterocycles. The highest BCUT2D eigenvalue weighted by atomic mass is 35.5. The number of aromatic nitrogens is 2. The molecule has 0 amide bonds. The van der Waals surface area contributed by atoms with Crippen LogP contribution in [0.3, 0.4) is 0 Å². The first kappa shape index (κ1) is 12.7. The summed E-state index contributed by atoms with van der Waals surface area (Å²) in [6, 6.07) is 10.1. The van der Waals surface area contributed by atoms with Crippen LogP contribution in [-0.2, 0) is 20.1 Å². The van der Waals surface area contributed by atoms with Gasteiger partial charge in [0.05, 0.1) is 5.69 Å². The van der Waals surface area contributed by atoms with E-state index in [9.17, 15) is 0 Å². The van der Waals surface area contributed by atoms with E-state index in [4.69, 9.17) is 0 Å². The molecule has 0 aliphatic heterocycles. The van der Waals surface area contributed by atoms with Crippen molar-refractivity contribution in [2.45, 2.75) is 13.1 Å². The molecule has 0 aromatic carbocycles. The maximum Gasteiger partial charge on any atom is 0.0541 e. The summed E-state index contributed by atoms with van der Waals surface area (Å²) in [7, 11) is 2.05. The van der Waals surface area contributed by atoms with Gasteiger partial charge >= 0.3 is 0 Å². The van der Waals surface area contributed by atoms with Gasteiger partial charge in [-0.05, 0) is 24.3 Å². The molecule has 0 saturated carbocycles. The second kappa shape index (κ2) is 6.30. The molecule has 2 aromatic heterocycles. The van der Waals surface area contributed by atoms with Gasteiger partial charge < -0.3 is 22.3 Å². The number of nitrogens with zero attached hydrogens (tertiary/aromatic N) is 2. The van der Waals surface area contributed by atoms with E-state index in [1.807, 2.05) is 24.4 Å². The molecule has 86 valence electrons. The van der Waals surface area contributed by atoms with Gasteiger partial charge in [-0.1, -0.05) is 6.07 Å². The van der Waals surface area contributed by atoms with Gasteiger partial charge in [0.15, 0.2) is 0 Å². The van der Waals surface area contributed by atoms with Gasteiger partial charge in [0.2, 0.25) is 0 Å². The molecular formula is C12H15ClN3-. The zero-order chi connectivity index (χ0) is 10.5. The molecule has 0 unspecified atom stereocenters. The molecule has 2 rings (SSSR count). The molecule has 3 nitrogen and oxygen atoms in total. The Kier molecular flexibility index (Phi) is 5.02. The van der Waals surface area contributed by atoms with Crippen LogP contribution in [0, 0.1) is 0 Å². The van der Waals surface area contributed by atoms with E-state index < -0.39 is 0 Å². The number of rotatable bonds is 4. The van der Waals surface area contributed by atoms with Crippen LogP contribution in [0.5, 0.6) is 0 Å². The number of hydrogen-bond donors (Lipinski definition) is 1. The van der Waals surface area contributed by atoms with Gasteiger partial charge in [0.1, 0.15) is 0 Å². The fourth-order valence-corrected chi connectivity index (χ4v) is 1.50. The Morgan fingerprint density at radius 3 is 2.69 bits per heavy atom. The highest BCUT2D eigenvalue weighted by molar-refractivity contribution is 5.07. The molecular weight excluding hydrogens is 222 g/mol. The number of halogens is 1. The van der Waals surface area contributed by atoms with E-state index in [2.05, 4.69) is 40.2 Å². The van der Waals surface area contributed by atoms with Crippen LogP contribution >= 0.6 is 0 Å². The van der Waals surface area contributed by atoms with Gasteiger partial charge in [-0.2, -0.15) is 0 Å². The van der Waals surface area contributed by atoms with E-state index >= 15 is 0 Å². The normalized spacial score (nSPS) is 9.81. The predicted molar refractivity (Wildman–Crippen MR) is 60.2 cm³/mol. The fourth-order valence-electron chi connectivity index (χ4n) is 1.50. The van der Waals surface area contributed by atoms with Crippen LogP contribution in [0.2, 0.25) is 0 Å². The Morgan fingerprint density at radius 2 is 2.06 bits per heavy atom. The van der Waals surface area contributed by atoms with Gasteiger partial charge in [-0.3, -0.25) is 4.98 Å². The summed E-state index contributed by atoms with van der Waals surface area (Å²) in [5.74, 6) is 0. The summed E-state index contributed by atoms with van der Waals surface area (Å²) in [6.07, 6.45) is 3.87. The van der Waals surface area contributed by atoms with Crippen LogP contribution in [0.4, 0.5) is 0 Å². The summed E-state index contributed by atoms with van der Waals surface area (Å²) in [6.45, 7) is 1.69. The number of aryl methyl sites for hydroxylation is 1. The van der Waals surface area contributed by atoms with Crippen molar-refractivity contribution in [2.24, 2.45) is 7.05 Å². The largest absolute Gasteiger partial charge is 1.00 e. The Bertz CT molecular complexity index is 411. The van der Waals surface area contributed by atoms with Crippen molar-refractivity contribution < 1.29 is 12.4 Å². The van der Waals surface area contributed by atoms with Gasteiger partial charge in [0.25, 0.3) is 0 Å². The Morgan fingerprint density at radius 1 is 1.19 bits per heavy atom. The van der Waals surface area contributed by atoms with Crippen LogP contribution in [0.1, 0.15) is 11.4 Å². The standard InChI is InChI=1S/C12H15N3.ClH/c1-15-8-4-6-12(15)10-13-9-11-5-2-3-7-14-11;/h2-8,13H,9-10H2,1H3;1H/p-1. The van der Waals surface area contributed by atoms with Gasteiger partial charge in [0, 0.05) is 38.2 Å². The smallest absolute Gasteiger partial charge is 0.0541 e. The topological polar surface area (TPSA) is 29.9 Å². The van der Waals surface area contributed by atoms with Crippen LogP contribution in [0.15, 0.2) is 42.7 Å². The minimum Gasteiger partial charge on any atom is -1.00 e. The van der Waals surface area contributed by atoms with Crippen LogP contribution in [-0.4, -0.2) is 9.55 Å². The zero-order valence-corrected chi connectivity index (χ0v) is 9.98. The molecule has 0 spiro atoms. The van der Waals surface area contributed by atoms with Crippen molar-refractivity contribution in [3.63, 3.8) is 0 Å². The SMILES string of the molecule is Cn1cccc1CNCc1ccccn1.[Cl-]. The average Bonchev–Trinajstić information content (AvgIpc) is 2.66. The monoisotopic (exact) mass is 236 g/mol. The molecule has 0 atom stereocenters. The lowest BCUT2D eigenvalue weighted by molar-refractivity contribution is -0.00000325. The molecule has 0 radical (unpaired) electrons. The number of hydrogen-bond acceptors (Lipinski definition) is 2. The van der Waals surface area contributed by atoms with Crippen molar-refractivity contribution in [2.75, 3.05) is 0 Å². The minimum atomic E-state index is 0. The van der Waals surface area contributed by atoms with E-state index in [0.717, 1.165) is 18.8 Å². The van der Waals surface area contributed by atoms with Gasteiger partial charge in [-0.15, -0.1) is 0 Å². The first-order valence-electron chi connectivity index (χ1n) is 5.07. The molecule has 16 heavy (non-hydrogen) atoms. The second-order valence-corrected chi connectivity index (χ2v) is 3.54. The van der Waals surface area contributed by atoms with E-state index in [1.165, 1.54) is 5.69 Å². The molecule has 0 aliphatic carbocycles. The molecule has 4 heteroatoms. The lowest BCUT2D eigenvalue weighted by atomic mass is 10.3. The maximum atomic E-state index is 4.25. The minimum absolute atomic E-state index is 0. The lowest BCUT2D eigenvalue weighted by Crippen LogP contribution is -3.00. The Labute approximate surface area is 102 Å². The molecule has 0 aliphatic rings. The summed E-state index contributed by atoms with van der Waals surface area (Å²) in [4.78, 5) is 4.25. The van der Waals surface area contributed by atoms with E-state index in [-0.39, 0.29) is 12.4 Å². The number of pyridine rings is 1. The predicted octanol–water partition coefficient (Wildman–Crippen LogP) is -1.29. The second-order valence-electron chi connectivity index (χ2n) is 3.54. The molecule has 1 N–H and O–H groups in total. The molecule has 2 aromatic rings. The van der Waals surface area contributed by atoms with Gasteiger partial charge in [-0.25, -0.2) is 0 Å². The first-order chi connectivity index (χ1) is 7.36. The van der Waals surface area contributed by atoms with Crippen molar-refractivity contribution in [3.05, 3.63) is 54.1 Å². The summed E-state index contributed by atoms with van der Waals surface area (Å²) in [5.41, 5.74) is 2.36.